The smallest absolute Gasteiger partial charge is 0.119 e. The quantitative estimate of drug-likeness (QED) is 0.706. The van der Waals surface area contributed by atoms with Gasteiger partial charge in [0.1, 0.15) is 5.75 Å². The molecule has 0 aliphatic heterocycles. The number of benzene rings is 2. The zero-order valence-electron chi connectivity index (χ0n) is 10.4. The van der Waals surface area contributed by atoms with Crippen molar-refractivity contribution in [2.75, 3.05) is 7.11 Å². The van der Waals surface area contributed by atoms with Crippen LogP contribution in [-0.4, -0.2) is 7.11 Å². The van der Waals surface area contributed by atoms with Gasteiger partial charge in [0.15, 0.2) is 0 Å². The summed E-state index contributed by atoms with van der Waals surface area (Å²) in [5, 5.41) is 2.35. The van der Waals surface area contributed by atoms with Crippen LogP contribution in [0.15, 0.2) is 36.4 Å². The van der Waals surface area contributed by atoms with E-state index >= 15 is 0 Å². The number of rotatable bonds is 2. The van der Waals surface area contributed by atoms with Gasteiger partial charge in [0, 0.05) is 0 Å². The number of hydrogen-bond acceptors (Lipinski definition) is 1. The molecule has 0 saturated heterocycles. The number of terminal acetylenes is 1. The lowest BCUT2D eigenvalue weighted by molar-refractivity contribution is 0.415. The minimum absolute atomic E-state index is 0.228. The fraction of sp³-hybridized carbons (Fsp3) is 0.250. The lowest BCUT2D eigenvalue weighted by Crippen LogP contribution is -2.13. The Hall–Kier alpha value is -1.94. The van der Waals surface area contributed by atoms with Crippen LogP contribution in [0, 0.1) is 12.3 Å². The summed E-state index contributed by atoms with van der Waals surface area (Å²) < 4.78 is 5.21. The molecule has 0 amide bonds. The third-order valence-corrected chi connectivity index (χ3v) is 3.13. The first-order chi connectivity index (χ1) is 8.06. The largest absolute Gasteiger partial charge is 0.497 e. The monoisotopic (exact) mass is 224 g/mol. The second-order valence-corrected chi connectivity index (χ2v) is 4.70. The van der Waals surface area contributed by atoms with Crippen LogP contribution in [0.25, 0.3) is 10.8 Å². The summed E-state index contributed by atoms with van der Waals surface area (Å²) in [5.41, 5.74) is 0.936. The van der Waals surface area contributed by atoms with Crippen molar-refractivity contribution >= 4 is 10.8 Å². The highest BCUT2D eigenvalue weighted by molar-refractivity contribution is 5.84. The van der Waals surface area contributed by atoms with Gasteiger partial charge in [0.05, 0.1) is 12.5 Å². The molecule has 0 radical (unpaired) electrons. The molecule has 0 aliphatic rings. The van der Waals surface area contributed by atoms with E-state index in [1.807, 2.05) is 12.1 Å². The van der Waals surface area contributed by atoms with Gasteiger partial charge in [-0.25, -0.2) is 0 Å². The van der Waals surface area contributed by atoms with Crippen LogP contribution in [0.4, 0.5) is 0 Å². The summed E-state index contributed by atoms with van der Waals surface area (Å²) in [4.78, 5) is 0. The van der Waals surface area contributed by atoms with Crippen molar-refractivity contribution in [3.05, 3.63) is 42.0 Å². The number of methoxy groups -OCH3 is 1. The maximum absolute atomic E-state index is 5.56. The Morgan fingerprint density at radius 2 is 1.71 bits per heavy atom. The van der Waals surface area contributed by atoms with Gasteiger partial charge >= 0.3 is 0 Å². The second-order valence-electron chi connectivity index (χ2n) is 4.70. The van der Waals surface area contributed by atoms with Gasteiger partial charge in [0.2, 0.25) is 0 Å². The normalized spacial score (nSPS) is 11.2. The van der Waals surface area contributed by atoms with Crippen LogP contribution < -0.4 is 4.74 Å². The van der Waals surface area contributed by atoms with Gasteiger partial charge in [-0.1, -0.05) is 24.1 Å². The topological polar surface area (TPSA) is 9.23 Å². The van der Waals surface area contributed by atoms with E-state index in [2.05, 4.69) is 44.0 Å². The van der Waals surface area contributed by atoms with E-state index < -0.39 is 0 Å². The molecule has 1 heteroatoms. The third kappa shape index (κ3) is 2.12. The summed E-state index contributed by atoms with van der Waals surface area (Å²) >= 11 is 0. The minimum atomic E-state index is -0.228. The van der Waals surface area contributed by atoms with Gasteiger partial charge in [-0.2, -0.15) is 0 Å². The van der Waals surface area contributed by atoms with Crippen molar-refractivity contribution in [1.82, 2.24) is 0 Å². The molecule has 2 rings (SSSR count). The van der Waals surface area contributed by atoms with E-state index in [9.17, 15) is 0 Å². The first kappa shape index (κ1) is 11.5. The van der Waals surface area contributed by atoms with Crippen molar-refractivity contribution in [3.63, 3.8) is 0 Å². The Morgan fingerprint density at radius 1 is 1.06 bits per heavy atom. The zero-order valence-corrected chi connectivity index (χ0v) is 10.4. The molecule has 0 atom stereocenters. The Morgan fingerprint density at radius 3 is 2.35 bits per heavy atom. The molecule has 0 aliphatic carbocycles. The van der Waals surface area contributed by atoms with Crippen LogP contribution in [0.2, 0.25) is 0 Å². The molecule has 0 bridgehead atoms. The van der Waals surface area contributed by atoms with Gasteiger partial charge in [-0.05, 0) is 48.4 Å². The fourth-order valence-electron chi connectivity index (χ4n) is 1.82. The van der Waals surface area contributed by atoms with Gasteiger partial charge in [-0.15, -0.1) is 6.42 Å². The first-order valence-electron chi connectivity index (χ1n) is 5.63. The standard InChI is InChI=1S/C16H16O/c1-5-16(2,3)14-8-6-13-11-15(17-4)9-7-12(13)10-14/h1,6-11H,2-4H3. The van der Waals surface area contributed by atoms with Gasteiger partial charge < -0.3 is 4.74 Å². The number of ether oxygens (including phenoxy) is 1. The summed E-state index contributed by atoms with van der Waals surface area (Å²) in [6.45, 7) is 4.11. The Bertz CT molecular complexity index is 588. The highest BCUT2D eigenvalue weighted by Gasteiger charge is 2.17. The molecule has 1 nitrogen and oxygen atoms in total. The molecule has 0 unspecified atom stereocenters. The molecular weight excluding hydrogens is 208 g/mol. The van der Waals surface area contributed by atoms with Crippen LogP contribution in [-0.2, 0) is 5.41 Å². The van der Waals surface area contributed by atoms with Crippen molar-refractivity contribution in [2.24, 2.45) is 0 Å². The Labute approximate surface area is 102 Å². The average molecular weight is 224 g/mol. The van der Waals surface area contributed by atoms with Gasteiger partial charge in [0.25, 0.3) is 0 Å². The molecule has 0 fully saturated rings. The molecule has 2 aromatic rings. The Balaban J connectivity index is 2.57. The highest BCUT2D eigenvalue weighted by Crippen LogP contribution is 2.27. The molecule has 0 heterocycles. The molecule has 0 aromatic heterocycles. The Kier molecular flexibility index (Phi) is 2.81. The second kappa shape index (κ2) is 4.14. The molecule has 17 heavy (non-hydrogen) atoms. The van der Waals surface area contributed by atoms with Crippen LogP contribution in [0.5, 0.6) is 5.75 Å². The SMILES string of the molecule is C#CC(C)(C)c1ccc2cc(OC)ccc2c1. The van der Waals surface area contributed by atoms with Crippen molar-refractivity contribution in [3.8, 4) is 18.1 Å². The average Bonchev–Trinajstić information content (AvgIpc) is 2.37. The fourth-order valence-corrected chi connectivity index (χ4v) is 1.82. The zero-order chi connectivity index (χ0) is 12.5. The van der Waals surface area contributed by atoms with Crippen molar-refractivity contribution in [1.29, 1.82) is 0 Å². The lowest BCUT2D eigenvalue weighted by atomic mass is 9.84. The van der Waals surface area contributed by atoms with Gasteiger partial charge in [-0.3, -0.25) is 0 Å². The molecule has 86 valence electrons. The van der Waals surface area contributed by atoms with E-state index in [1.165, 1.54) is 10.8 Å². The van der Waals surface area contributed by atoms with E-state index in [1.54, 1.807) is 7.11 Å². The number of fused-ring (bicyclic) bond motifs is 1. The molecular formula is C16H16O. The van der Waals surface area contributed by atoms with Crippen LogP contribution in [0.1, 0.15) is 19.4 Å². The lowest BCUT2D eigenvalue weighted by Gasteiger charge is -2.18. The van der Waals surface area contributed by atoms with E-state index in [0.717, 1.165) is 11.3 Å². The third-order valence-electron chi connectivity index (χ3n) is 3.13. The van der Waals surface area contributed by atoms with E-state index in [4.69, 9.17) is 11.2 Å². The maximum Gasteiger partial charge on any atom is 0.119 e. The first-order valence-corrected chi connectivity index (χ1v) is 5.63. The summed E-state index contributed by atoms with van der Waals surface area (Å²) in [6.07, 6.45) is 5.56. The molecule has 2 aromatic carbocycles. The maximum atomic E-state index is 5.56. The predicted molar refractivity (Wildman–Crippen MR) is 72.4 cm³/mol. The van der Waals surface area contributed by atoms with Crippen molar-refractivity contribution in [2.45, 2.75) is 19.3 Å². The summed E-state index contributed by atoms with van der Waals surface area (Å²) in [7, 11) is 1.68. The molecule has 0 saturated carbocycles. The molecule has 0 N–H and O–H groups in total. The van der Waals surface area contributed by atoms with Crippen LogP contribution in [0.3, 0.4) is 0 Å². The van der Waals surface area contributed by atoms with Crippen LogP contribution >= 0.6 is 0 Å². The minimum Gasteiger partial charge on any atom is -0.497 e. The molecule has 0 spiro atoms. The highest BCUT2D eigenvalue weighted by atomic mass is 16.5. The summed E-state index contributed by atoms with van der Waals surface area (Å²) in [5.74, 6) is 3.70. The van der Waals surface area contributed by atoms with E-state index in [0.29, 0.717) is 0 Å². The van der Waals surface area contributed by atoms with Crippen molar-refractivity contribution < 1.29 is 4.74 Å². The summed E-state index contributed by atoms with van der Waals surface area (Å²) in [6, 6.07) is 12.4. The number of hydrogen-bond donors (Lipinski definition) is 0. The predicted octanol–water partition coefficient (Wildman–Crippen LogP) is 3.76. The van der Waals surface area contributed by atoms with E-state index in [-0.39, 0.29) is 5.41 Å².